The van der Waals surface area contributed by atoms with Crippen LogP contribution in [0.1, 0.15) is 18.1 Å². The fraction of sp³-hybridized carbons (Fsp3) is 0.130. The average molecular weight is 528 g/mol. The Bertz CT molecular complexity index is 1500. The number of halogens is 3. The molecular weight excluding hydrogens is 513 g/mol. The second-order valence-corrected chi connectivity index (χ2v) is 9.15. The molecule has 0 aromatic heterocycles. The highest BCUT2D eigenvalue weighted by molar-refractivity contribution is 8.15. The molecule has 3 aromatic rings. The highest BCUT2D eigenvalue weighted by Gasteiger charge is 2.60. The van der Waals surface area contributed by atoms with Crippen LogP contribution in [-0.4, -0.2) is 26.8 Å². The second-order valence-electron chi connectivity index (χ2n) is 7.99. The van der Waals surface area contributed by atoms with Gasteiger partial charge in [-0.3, -0.25) is 20.2 Å². The average Bonchev–Trinajstić information content (AvgIpc) is 3.28. The zero-order chi connectivity index (χ0) is 26.5. The Morgan fingerprint density at radius 1 is 0.892 bits per heavy atom. The van der Waals surface area contributed by atoms with Gasteiger partial charge in [0.2, 0.25) is 10.0 Å². The number of para-hydroxylation sites is 1. The van der Waals surface area contributed by atoms with Crippen molar-refractivity contribution in [1.29, 1.82) is 0 Å². The number of fused-ring (bicyclic) bond motifs is 2. The van der Waals surface area contributed by atoms with E-state index in [0.717, 1.165) is 17.1 Å². The Hall–Kier alpha value is -4.46. The maximum absolute atomic E-state index is 14.1. The lowest BCUT2D eigenvalue weighted by molar-refractivity contribution is -0.393. The molecule has 0 radical (unpaired) electrons. The first-order chi connectivity index (χ1) is 17.5. The summed E-state index contributed by atoms with van der Waals surface area (Å²) in [7, 11) is 0. The Morgan fingerprint density at radius 2 is 1.57 bits per heavy atom. The van der Waals surface area contributed by atoms with Gasteiger partial charge in [0, 0.05) is 17.2 Å². The molecule has 37 heavy (non-hydrogen) atoms. The molecule has 1 spiro atoms. The van der Waals surface area contributed by atoms with Crippen LogP contribution >= 0.6 is 11.8 Å². The number of nitrogens with zero attached hydrogens (tertiary/aromatic N) is 6. The molecule has 0 saturated heterocycles. The lowest BCUT2D eigenvalue weighted by Crippen LogP contribution is -2.53. The van der Waals surface area contributed by atoms with Crippen molar-refractivity contribution in [3.8, 4) is 0 Å². The van der Waals surface area contributed by atoms with E-state index in [1.54, 1.807) is 61.5 Å². The zero-order valence-corrected chi connectivity index (χ0v) is 19.6. The first kappa shape index (κ1) is 24.2. The van der Waals surface area contributed by atoms with E-state index < -0.39 is 37.4 Å². The summed E-state index contributed by atoms with van der Waals surface area (Å²) in [6.45, 7) is 1.70. The molecule has 0 amide bonds. The molecule has 0 N–H and O–H groups in total. The van der Waals surface area contributed by atoms with Crippen LogP contribution < -0.4 is 10.0 Å². The summed E-state index contributed by atoms with van der Waals surface area (Å²) < 4.78 is 42.4. The van der Waals surface area contributed by atoms with Crippen molar-refractivity contribution in [3.63, 3.8) is 0 Å². The first-order valence-electron chi connectivity index (χ1n) is 10.6. The highest BCUT2D eigenvalue weighted by atomic mass is 32.2. The molecule has 3 aromatic carbocycles. The Balaban J connectivity index is 1.86. The quantitative estimate of drug-likeness (QED) is 0.302. The van der Waals surface area contributed by atoms with Gasteiger partial charge < -0.3 is 0 Å². The third-order valence-electron chi connectivity index (χ3n) is 5.76. The van der Waals surface area contributed by atoms with Crippen LogP contribution in [0, 0.1) is 20.2 Å². The number of non-ortho nitro benzene ring substituents is 1. The van der Waals surface area contributed by atoms with E-state index in [4.69, 9.17) is 0 Å². The van der Waals surface area contributed by atoms with Crippen molar-refractivity contribution in [1.82, 2.24) is 0 Å². The van der Waals surface area contributed by atoms with Crippen LogP contribution in [0.4, 0.5) is 35.9 Å². The predicted octanol–water partition coefficient (Wildman–Crippen LogP) is 5.99. The number of hydrazone groups is 2. The van der Waals surface area contributed by atoms with E-state index in [9.17, 15) is 33.4 Å². The molecule has 188 valence electrons. The van der Waals surface area contributed by atoms with Crippen LogP contribution in [0.5, 0.6) is 0 Å². The SMILES string of the molecule is CC1=NN(c2ccccc2)[C@@]2(SC(C(F)(F)F)=NN2c2ccc([N+](=O)[O-])cc2[N+](=O)[O-])c2ccccc21. The van der Waals surface area contributed by atoms with Gasteiger partial charge in [0.1, 0.15) is 5.69 Å². The number of hydrogen-bond donors (Lipinski definition) is 0. The molecule has 2 heterocycles. The maximum Gasteiger partial charge on any atom is 0.441 e. The lowest BCUT2D eigenvalue weighted by atomic mass is 9.98. The number of thioether (sulfide) groups is 1. The largest absolute Gasteiger partial charge is 0.441 e. The van der Waals surface area contributed by atoms with Gasteiger partial charge in [0.15, 0.2) is 0 Å². The summed E-state index contributed by atoms with van der Waals surface area (Å²) in [4.78, 5) is 19.7. The summed E-state index contributed by atoms with van der Waals surface area (Å²) in [5.74, 6) is 0. The summed E-state index contributed by atoms with van der Waals surface area (Å²) in [5.41, 5.74) is 0.0452. The third kappa shape index (κ3) is 3.85. The molecule has 0 unspecified atom stereocenters. The smallest absolute Gasteiger partial charge is 0.258 e. The fourth-order valence-corrected chi connectivity index (χ4v) is 5.47. The van der Waals surface area contributed by atoms with Crippen LogP contribution in [0.2, 0.25) is 0 Å². The maximum atomic E-state index is 14.1. The van der Waals surface area contributed by atoms with Crippen molar-refractivity contribution >= 4 is 45.3 Å². The fourth-order valence-electron chi connectivity index (χ4n) is 4.21. The second kappa shape index (κ2) is 8.58. The topological polar surface area (TPSA) is 117 Å². The zero-order valence-electron chi connectivity index (χ0n) is 18.8. The summed E-state index contributed by atoms with van der Waals surface area (Å²) >= 11 is 0.336. The molecule has 0 fully saturated rings. The van der Waals surface area contributed by atoms with E-state index in [-0.39, 0.29) is 5.69 Å². The molecule has 10 nitrogen and oxygen atoms in total. The van der Waals surface area contributed by atoms with Crippen molar-refractivity contribution in [2.45, 2.75) is 18.1 Å². The van der Waals surface area contributed by atoms with E-state index in [0.29, 0.717) is 40.4 Å². The van der Waals surface area contributed by atoms with Crippen LogP contribution in [0.15, 0.2) is 83.0 Å². The van der Waals surface area contributed by atoms with E-state index in [1.165, 1.54) is 5.01 Å². The molecule has 1 atom stereocenters. The van der Waals surface area contributed by atoms with Crippen molar-refractivity contribution in [2.24, 2.45) is 10.2 Å². The van der Waals surface area contributed by atoms with Crippen molar-refractivity contribution < 1.29 is 23.0 Å². The minimum absolute atomic E-state index is 0.336. The van der Waals surface area contributed by atoms with E-state index >= 15 is 0 Å². The van der Waals surface area contributed by atoms with E-state index in [2.05, 4.69) is 10.2 Å². The summed E-state index contributed by atoms with van der Waals surface area (Å²) in [6.07, 6.45) is -4.89. The van der Waals surface area contributed by atoms with Gasteiger partial charge in [0.25, 0.3) is 5.69 Å². The van der Waals surface area contributed by atoms with Gasteiger partial charge in [-0.2, -0.15) is 23.4 Å². The molecule has 0 aliphatic carbocycles. The Morgan fingerprint density at radius 3 is 2.22 bits per heavy atom. The number of benzene rings is 3. The third-order valence-corrected chi connectivity index (χ3v) is 7.12. The summed E-state index contributed by atoms with van der Waals surface area (Å²) in [5, 5.41) is 32.7. The van der Waals surface area contributed by atoms with Gasteiger partial charge in [-0.1, -0.05) is 42.5 Å². The molecule has 5 rings (SSSR count). The van der Waals surface area contributed by atoms with Crippen LogP contribution in [-0.2, 0) is 4.99 Å². The number of nitro groups is 2. The summed E-state index contributed by atoms with van der Waals surface area (Å²) in [6, 6.07) is 17.7. The molecular formula is C23H15F3N6O4S. The van der Waals surface area contributed by atoms with Gasteiger partial charge >= 0.3 is 11.9 Å². The van der Waals surface area contributed by atoms with Crippen molar-refractivity contribution in [2.75, 3.05) is 10.0 Å². The minimum Gasteiger partial charge on any atom is -0.258 e. The minimum atomic E-state index is -4.89. The first-order valence-corrected chi connectivity index (χ1v) is 11.4. The molecule has 2 aliphatic rings. The normalized spacial score (nSPS) is 18.9. The van der Waals surface area contributed by atoms with Gasteiger partial charge in [0.05, 0.1) is 27.3 Å². The van der Waals surface area contributed by atoms with Crippen LogP contribution in [0.3, 0.4) is 0 Å². The number of anilines is 2. The lowest BCUT2D eigenvalue weighted by Gasteiger charge is -2.46. The molecule has 0 bridgehead atoms. The van der Waals surface area contributed by atoms with E-state index in [1.807, 2.05) is 0 Å². The molecule has 2 aliphatic heterocycles. The van der Waals surface area contributed by atoms with Crippen LogP contribution in [0.25, 0.3) is 0 Å². The van der Waals surface area contributed by atoms with Crippen molar-refractivity contribution in [3.05, 3.63) is 104 Å². The number of nitro benzene ring substituents is 2. The number of hydrogen-bond acceptors (Lipinski definition) is 9. The standard InChI is InChI=1S/C23H15F3N6O4S/c1-14-17-9-5-6-10-18(17)23(29(27-14)15-7-3-2-4-8-15)30(28-21(37-23)22(24,25)26)19-12-11-16(31(33)34)13-20(19)32(35)36/h2-13H,1H3/t23-/m0/s1. The van der Waals surface area contributed by atoms with Gasteiger partial charge in [-0.05, 0) is 36.9 Å². The number of rotatable bonds is 4. The van der Waals surface area contributed by atoms with Gasteiger partial charge in [-0.25, -0.2) is 10.0 Å². The Labute approximate surface area is 211 Å². The number of alkyl halides is 3. The predicted molar refractivity (Wildman–Crippen MR) is 133 cm³/mol. The highest BCUT2D eigenvalue weighted by Crippen LogP contribution is 2.57. The monoisotopic (exact) mass is 528 g/mol. The molecule has 0 saturated carbocycles. The van der Waals surface area contributed by atoms with Gasteiger partial charge in [-0.15, -0.1) is 0 Å². The molecule has 14 heteroatoms. The Kier molecular flexibility index (Phi) is 5.62.